The van der Waals surface area contributed by atoms with Gasteiger partial charge in [-0.2, -0.15) is 5.10 Å². The van der Waals surface area contributed by atoms with Crippen LogP contribution in [0.1, 0.15) is 19.4 Å². The smallest absolute Gasteiger partial charge is 0.243 e. The molecule has 0 aliphatic carbocycles. The molecule has 2 heterocycles. The van der Waals surface area contributed by atoms with Gasteiger partial charge >= 0.3 is 0 Å². The maximum Gasteiger partial charge on any atom is 0.243 e. The van der Waals surface area contributed by atoms with E-state index in [1.807, 2.05) is 13.8 Å². The van der Waals surface area contributed by atoms with Crippen molar-refractivity contribution in [1.29, 1.82) is 0 Å². The van der Waals surface area contributed by atoms with E-state index in [1.165, 1.54) is 23.9 Å². The Morgan fingerprint density at radius 2 is 2.16 bits per heavy atom. The van der Waals surface area contributed by atoms with Crippen molar-refractivity contribution >= 4 is 23.6 Å². The second-order valence-electron chi connectivity index (χ2n) is 6.33. The molecule has 1 saturated heterocycles. The van der Waals surface area contributed by atoms with E-state index in [2.05, 4.69) is 15.7 Å². The van der Waals surface area contributed by atoms with Gasteiger partial charge in [0.25, 0.3) is 0 Å². The van der Waals surface area contributed by atoms with Crippen LogP contribution >= 0.6 is 11.8 Å². The lowest BCUT2D eigenvalue weighted by Gasteiger charge is -2.32. The van der Waals surface area contributed by atoms with Crippen molar-refractivity contribution in [1.82, 2.24) is 20.4 Å². The second kappa shape index (κ2) is 6.87. The van der Waals surface area contributed by atoms with Crippen molar-refractivity contribution in [3.8, 4) is 5.69 Å². The zero-order valence-corrected chi connectivity index (χ0v) is 14.8. The third-order valence-electron chi connectivity index (χ3n) is 3.97. The lowest BCUT2D eigenvalue weighted by atomic mass is 10.1. The van der Waals surface area contributed by atoms with Crippen LogP contribution in [-0.4, -0.2) is 38.1 Å². The zero-order valence-electron chi connectivity index (χ0n) is 14.0. The molecular weight excluding hydrogens is 343 g/mol. The number of halogens is 1. The summed E-state index contributed by atoms with van der Waals surface area (Å²) in [4.78, 5) is 24.2. The molecule has 1 aliphatic rings. The number of benzene rings is 1. The normalized spacial score (nSPS) is 19.3. The van der Waals surface area contributed by atoms with Gasteiger partial charge in [-0.3, -0.25) is 9.59 Å². The highest BCUT2D eigenvalue weighted by atomic mass is 32.2. The first-order valence-corrected chi connectivity index (χ1v) is 8.86. The van der Waals surface area contributed by atoms with Crippen LogP contribution in [0.4, 0.5) is 4.39 Å². The van der Waals surface area contributed by atoms with Crippen LogP contribution in [0.5, 0.6) is 0 Å². The van der Waals surface area contributed by atoms with E-state index in [9.17, 15) is 14.0 Å². The number of hydrogen-bond donors (Lipinski definition) is 2. The Morgan fingerprint density at radius 3 is 2.84 bits per heavy atom. The molecule has 0 spiro atoms. The second-order valence-corrected chi connectivity index (χ2v) is 7.98. The fourth-order valence-corrected chi connectivity index (χ4v) is 3.38. The van der Waals surface area contributed by atoms with E-state index in [0.717, 1.165) is 11.3 Å². The van der Waals surface area contributed by atoms with Crippen molar-refractivity contribution in [3.63, 3.8) is 0 Å². The van der Waals surface area contributed by atoms with Crippen molar-refractivity contribution in [3.05, 3.63) is 48.0 Å². The molecular formula is C17H19FN4O2S. The quantitative estimate of drug-likeness (QED) is 0.867. The molecule has 0 unspecified atom stereocenters. The number of rotatable bonds is 4. The summed E-state index contributed by atoms with van der Waals surface area (Å²) >= 11 is 1.47. The predicted octanol–water partition coefficient (Wildman–Crippen LogP) is 1.64. The first-order chi connectivity index (χ1) is 11.8. The van der Waals surface area contributed by atoms with Crippen molar-refractivity contribution in [2.24, 2.45) is 0 Å². The van der Waals surface area contributed by atoms with Crippen molar-refractivity contribution in [2.45, 2.75) is 31.2 Å². The molecule has 2 N–H and O–H groups in total. The van der Waals surface area contributed by atoms with E-state index in [1.54, 1.807) is 29.2 Å². The Kier molecular flexibility index (Phi) is 4.80. The largest absolute Gasteiger partial charge is 0.350 e. The van der Waals surface area contributed by atoms with Crippen molar-refractivity contribution in [2.75, 3.05) is 5.75 Å². The predicted molar refractivity (Wildman–Crippen MR) is 93.8 cm³/mol. The van der Waals surface area contributed by atoms with Gasteiger partial charge in [-0.05, 0) is 38.1 Å². The SMILES string of the molecule is CC1(C)SC[C@@H](C(=O)NCc2cnn(-c3ccc(F)cc3)c2)NC1=O. The lowest BCUT2D eigenvalue weighted by molar-refractivity contribution is -0.129. The average Bonchev–Trinajstić information content (AvgIpc) is 3.05. The highest BCUT2D eigenvalue weighted by Crippen LogP contribution is 2.28. The number of carbonyl (C=O) groups is 2. The van der Waals surface area contributed by atoms with Crippen LogP contribution in [0.15, 0.2) is 36.7 Å². The van der Waals surface area contributed by atoms with Gasteiger partial charge in [-0.1, -0.05) is 0 Å². The van der Waals surface area contributed by atoms with Crippen LogP contribution < -0.4 is 10.6 Å². The van der Waals surface area contributed by atoms with Gasteiger partial charge in [-0.15, -0.1) is 11.8 Å². The maximum atomic E-state index is 13.0. The van der Waals surface area contributed by atoms with E-state index in [-0.39, 0.29) is 17.6 Å². The standard InChI is InChI=1S/C17H19FN4O2S/c1-17(2)16(24)21-14(10-25-17)15(23)19-7-11-8-20-22(9-11)13-5-3-12(18)4-6-13/h3-6,8-9,14H,7,10H2,1-2H3,(H,19,23)(H,21,24)/t14-/m0/s1. The number of carbonyl (C=O) groups excluding carboxylic acids is 2. The molecule has 3 rings (SSSR count). The number of aromatic nitrogens is 2. The molecule has 1 aromatic heterocycles. The minimum absolute atomic E-state index is 0.131. The number of nitrogens with zero attached hydrogens (tertiary/aromatic N) is 2. The summed E-state index contributed by atoms with van der Waals surface area (Å²) in [5.41, 5.74) is 1.55. The van der Waals surface area contributed by atoms with Gasteiger partial charge in [0, 0.05) is 24.1 Å². The van der Waals surface area contributed by atoms with E-state index < -0.39 is 10.8 Å². The maximum absolute atomic E-state index is 13.0. The minimum Gasteiger partial charge on any atom is -0.350 e. The Bertz CT molecular complexity index is 788. The summed E-state index contributed by atoms with van der Waals surface area (Å²) in [7, 11) is 0. The molecule has 1 atom stereocenters. The molecule has 2 aromatic rings. The van der Waals surface area contributed by atoms with Gasteiger partial charge in [0.2, 0.25) is 11.8 Å². The molecule has 2 amide bonds. The summed E-state index contributed by atoms with van der Waals surface area (Å²) in [5, 5.41) is 9.77. The molecule has 6 nitrogen and oxygen atoms in total. The highest BCUT2D eigenvalue weighted by Gasteiger charge is 2.37. The first-order valence-electron chi connectivity index (χ1n) is 7.87. The summed E-state index contributed by atoms with van der Waals surface area (Å²) in [6.45, 7) is 3.98. The van der Waals surface area contributed by atoms with Crippen LogP contribution in [0.2, 0.25) is 0 Å². The third-order valence-corrected chi connectivity index (χ3v) is 5.38. The molecule has 1 fully saturated rings. The van der Waals surface area contributed by atoms with Gasteiger partial charge < -0.3 is 10.6 Å². The molecule has 0 bridgehead atoms. The molecule has 0 saturated carbocycles. The molecule has 1 aliphatic heterocycles. The Morgan fingerprint density at radius 1 is 1.44 bits per heavy atom. The van der Waals surface area contributed by atoms with Crippen LogP contribution in [0.25, 0.3) is 5.69 Å². The number of amides is 2. The van der Waals surface area contributed by atoms with Crippen molar-refractivity contribution < 1.29 is 14.0 Å². The molecule has 8 heteroatoms. The topological polar surface area (TPSA) is 76.0 Å². The van der Waals surface area contributed by atoms with Crippen LogP contribution in [0.3, 0.4) is 0 Å². The summed E-state index contributed by atoms with van der Waals surface area (Å²) in [6.07, 6.45) is 3.41. The fourth-order valence-electron chi connectivity index (χ4n) is 2.37. The first kappa shape index (κ1) is 17.5. The third kappa shape index (κ3) is 4.01. The molecule has 0 radical (unpaired) electrons. The van der Waals surface area contributed by atoms with E-state index in [4.69, 9.17) is 0 Å². The fraction of sp³-hybridized carbons (Fsp3) is 0.353. The van der Waals surface area contributed by atoms with Gasteiger partial charge in [0.05, 0.1) is 16.6 Å². The summed E-state index contributed by atoms with van der Waals surface area (Å²) in [6, 6.07) is 5.45. The lowest BCUT2D eigenvalue weighted by Crippen LogP contribution is -2.56. The number of nitrogens with one attached hydrogen (secondary N) is 2. The van der Waals surface area contributed by atoms with Gasteiger partial charge in [0.1, 0.15) is 11.9 Å². The summed E-state index contributed by atoms with van der Waals surface area (Å²) in [5.74, 6) is -0.114. The number of hydrogen-bond acceptors (Lipinski definition) is 4. The van der Waals surface area contributed by atoms with Gasteiger partial charge in [0.15, 0.2) is 0 Å². The van der Waals surface area contributed by atoms with Crippen LogP contribution in [0, 0.1) is 5.82 Å². The average molecular weight is 362 g/mol. The van der Waals surface area contributed by atoms with E-state index >= 15 is 0 Å². The minimum atomic E-state index is -0.530. The molecule has 132 valence electrons. The zero-order chi connectivity index (χ0) is 18.0. The number of thioether (sulfide) groups is 1. The van der Waals surface area contributed by atoms with Gasteiger partial charge in [-0.25, -0.2) is 9.07 Å². The Hall–Kier alpha value is -2.35. The Balaban J connectivity index is 1.56. The molecule has 25 heavy (non-hydrogen) atoms. The monoisotopic (exact) mass is 362 g/mol. The van der Waals surface area contributed by atoms with E-state index in [0.29, 0.717) is 12.3 Å². The molecule has 1 aromatic carbocycles. The highest BCUT2D eigenvalue weighted by molar-refractivity contribution is 8.01. The summed E-state index contributed by atoms with van der Waals surface area (Å²) < 4.78 is 14.1. The van der Waals surface area contributed by atoms with Crippen LogP contribution in [-0.2, 0) is 16.1 Å². The Labute approximate surface area is 149 Å².